The van der Waals surface area contributed by atoms with Crippen molar-refractivity contribution in [2.45, 2.75) is 76.5 Å². The minimum atomic E-state index is 0.695. The molecule has 0 atom stereocenters. The molecule has 0 aromatic heterocycles. The molecule has 0 unspecified atom stereocenters. The van der Waals surface area contributed by atoms with E-state index >= 15 is 0 Å². The van der Waals surface area contributed by atoms with Gasteiger partial charge in [0.05, 0.1) is 0 Å². The molecule has 1 saturated carbocycles. The van der Waals surface area contributed by atoms with Crippen molar-refractivity contribution in [1.29, 1.82) is 0 Å². The van der Waals surface area contributed by atoms with Crippen molar-refractivity contribution in [1.82, 2.24) is 0 Å². The highest BCUT2D eigenvalue weighted by atomic mass is 14.6. The number of para-hydroxylation sites is 1. The van der Waals surface area contributed by atoms with E-state index in [9.17, 15) is 0 Å². The van der Waals surface area contributed by atoms with Crippen LogP contribution in [-0.2, 0) is 0 Å². The molecule has 1 fully saturated rings. The van der Waals surface area contributed by atoms with E-state index in [4.69, 9.17) is 5.73 Å². The van der Waals surface area contributed by atoms with Gasteiger partial charge in [0.2, 0.25) is 0 Å². The maximum atomic E-state index is 6.17. The van der Waals surface area contributed by atoms with Crippen LogP contribution < -0.4 is 5.73 Å². The fraction of sp³-hybridized carbons (Fsp3) is 0.667. The molecule has 1 heteroatoms. The quantitative estimate of drug-likeness (QED) is 0.647. The third kappa shape index (κ3) is 4.89. The van der Waals surface area contributed by atoms with Crippen molar-refractivity contribution in [3.05, 3.63) is 29.8 Å². The second-order valence-corrected chi connectivity index (χ2v) is 6.09. The van der Waals surface area contributed by atoms with Gasteiger partial charge in [0.25, 0.3) is 0 Å². The lowest BCUT2D eigenvalue weighted by molar-refractivity contribution is 0.468. The molecule has 0 radical (unpaired) electrons. The van der Waals surface area contributed by atoms with Gasteiger partial charge in [0.15, 0.2) is 0 Å². The molecule has 106 valence electrons. The lowest BCUT2D eigenvalue weighted by Crippen LogP contribution is -2.04. The van der Waals surface area contributed by atoms with Crippen LogP contribution in [0, 0.1) is 0 Å². The number of anilines is 1. The summed E-state index contributed by atoms with van der Waals surface area (Å²) in [6.45, 7) is 0. The largest absolute Gasteiger partial charge is 0.398 e. The Kier molecular flexibility index (Phi) is 6.26. The zero-order valence-corrected chi connectivity index (χ0v) is 12.2. The lowest BCUT2D eigenvalue weighted by atomic mass is 9.86. The molecule has 2 rings (SSSR count). The molecular weight excluding hydrogens is 230 g/mol. The molecule has 0 amide bonds. The van der Waals surface area contributed by atoms with Crippen molar-refractivity contribution in [3.8, 4) is 0 Å². The fourth-order valence-electron chi connectivity index (χ4n) is 3.36. The average Bonchev–Trinajstić information content (AvgIpc) is 2.40. The smallest absolute Gasteiger partial charge is 0.0349 e. The highest BCUT2D eigenvalue weighted by molar-refractivity contribution is 5.48. The van der Waals surface area contributed by atoms with Crippen LogP contribution in [0.4, 0.5) is 5.69 Å². The molecule has 19 heavy (non-hydrogen) atoms. The summed E-state index contributed by atoms with van der Waals surface area (Å²) in [5, 5.41) is 0. The van der Waals surface area contributed by atoms with Crippen LogP contribution in [-0.4, -0.2) is 0 Å². The van der Waals surface area contributed by atoms with Crippen LogP contribution in [0.1, 0.15) is 82.1 Å². The van der Waals surface area contributed by atoms with Gasteiger partial charge in [-0.05, 0) is 30.4 Å². The Morgan fingerprint density at radius 1 is 0.684 bits per heavy atom. The van der Waals surface area contributed by atoms with Gasteiger partial charge >= 0.3 is 0 Å². The predicted molar refractivity (Wildman–Crippen MR) is 84.4 cm³/mol. The van der Waals surface area contributed by atoms with Crippen LogP contribution in [0.3, 0.4) is 0 Å². The molecule has 0 bridgehead atoms. The molecular formula is C18H29N. The summed E-state index contributed by atoms with van der Waals surface area (Å²) in [5.74, 6) is 0.695. The Hall–Kier alpha value is -0.980. The maximum Gasteiger partial charge on any atom is 0.0349 e. The molecule has 1 aliphatic rings. The summed E-state index contributed by atoms with van der Waals surface area (Å²) < 4.78 is 0. The molecule has 1 nitrogen and oxygen atoms in total. The highest BCUT2D eigenvalue weighted by Crippen LogP contribution is 2.32. The average molecular weight is 259 g/mol. The normalized spacial score (nSPS) is 20.4. The minimum absolute atomic E-state index is 0.695. The van der Waals surface area contributed by atoms with Crippen LogP contribution >= 0.6 is 0 Å². The van der Waals surface area contributed by atoms with Gasteiger partial charge in [0.1, 0.15) is 0 Å². The second-order valence-electron chi connectivity index (χ2n) is 6.09. The molecule has 1 aromatic carbocycles. The number of rotatable bonds is 1. The van der Waals surface area contributed by atoms with Crippen LogP contribution in [0.25, 0.3) is 0 Å². The van der Waals surface area contributed by atoms with E-state index in [1.54, 1.807) is 0 Å². The molecule has 0 aliphatic heterocycles. The Morgan fingerprint density at radius 3 is 1.68 bits per heavy atom. The van der Waals surface area contributed by atoms with Gasteiger partial charge in [-0.1, -0.05) is 76.0 Å². The third-order valence-electron chi connectivity index (χ3n) is 4.54. The van der Waals surface area contributed by atoms with E-state index in [0.717, 1.165) is 5.69 Å². The molecule has 1 aliphatic carbocycles. The summed E-state index contributed by atoms with van der Waals surface area (Å²) >= 11 is 0. The minimum Gasteiger partial charge on any atom is -0.398 e. The molecule has 1 aromatic rings. The van der Waals surface area contributed by atoms with Crippen LogP contribution in [0.2, 0.25) is 0 Å². The molecule has 2 N–H and O–H groups in total. The summed E-state index contributed by atoms with van der Waals surface area (Å²) in [6.07, 6.45) is 15.4. The highest BCUT2D eigenvalue weighted by Gasteiger charge is 2.14. The molecule has 0 heterocycles. The Morgan fingerprint density at radius 2 is 1.16 bits per heavy atom. The van der Waals surface area contributed by atoms with Gasteiger partial charge in [-0.3, -0.25) is 0 Å². The maximum absolute atomic E-state index is 6.17. The van der Waals surface area contributed by atoms with E-state index in [1.165, 1.54) is 76.2 Å². The third-order valence-corrected chi connectivity index (χ3v) is 4.54. The van der Waals surface area contributed by atoms with Gasteiger partial charge < -0.3 is 5.73 Å². The van der Waals surface area contributed by atoms with Crippen LogP contribution in [0.15, 0.2) is 24.3 Å². The van der Waals surface area contributed by atoms with Gasteiger partial charge in [-0.15, -0.1) is 0 Å². The van der Waals surface area contributed by atoms with Gasteiger partial charge in [-0.25, -0.2) is 0 Å². The fourth-order valence-corrected chi connectivity index (χ4v) is 3.36. The van der Waals surface area contributed by atoms with E-state index in [1.807, 2.05) is 6.07 Å². The number of nitrogen functional groups attached to an aromatic ring is 1. The Labute approximate surface area is 118 Å². The number of hydrogen-bond donors (Lipinski definition) is 1. The first-order valence-electron chi connectivity index (χ1n) is 8.22. The van der Waals surface area contributed by atoms with Crippen molar-refractivity contribution >= 4 is 5.69 Å². The lowest BCUT2D eigenvalue weighted by Gasteiger charge is -2.20. The first-order chi connectivity index (χ1) is 9.38. The zero-order chi connectivity index (χ0) is 13.3. The number of benzene rings is 1. The second kappa shape index (κ2) is 8.24. The summed E-state index contributed by atoms with van der Waals surface area (Å²) in [5.41, 5.74) is 8.57. The summed E-state index contributed by atoms with van der Waals surface area (Å²) in [4.78, 5) is 0. The molecule has 0 saturated heterocycles. The van der Waals surface area contributed by atoms with E-state index in [0.29, 0.717) is 5.92 Å². The number of nitrogens with two attached hydrogens (primary N) is 1. The topological polar surface area (TPSA) is 26.0 Å². The Balaban J connectivity index is 1.97. The van der Waals surface area contributed by atoms with Crippen molar-refractivity contribution < 1.29 is 0 Å². The van der Waals surface area contributed by atoms with Gasteiger partial charge in [0, 0.05) is 5.69 Å². The summed E-state index contributed by atoms with van der Waals surface area (Å²) in [6, 6.07) is 8.49. The standard InChI is InChI=1S/C18H29N/c19-18-15-11-10-14-17(18)16-12-8-6-4-2-1-3-5-7-9-13-16/h10-11,14-16H,1-9,12-13,19H2. The Bertz CT molecular complexity index is 346. The van der Waals surface area contributed by atoms with E-state index in [2.05, 4.69) is 18.2 Å². The van der Waals surface area contributed by atoms with Crippen LogP contribution in [0.5, 0.6) is 0 Å². The van der Waals surface area contributed by atoms with E-state index in [-0.39, 0.29) is 0 Å². The first-order valence-corrected chi connectivity index (χ1v) is 8.22. The van der Waals surface area contributed by atoms with Crippen molar-refractivity contribution in [2.75, 3.05) is 5.73 Å². The number of hydrogen-bond acceptors (Lipinski definition) is 1. The van der Waals surface area contributed by atoms with Crippen molar-refractivity contribution in [3.63, 3.8) is 0 Å². The predicted octanol–water partition coefficient (Wildman–Crippen LogP) is 5.66. The zero-order valence-electron chi connectivity index (χ0n) is 12.2. The first kappa shape index (κ1) is 14.4. The monoisotopic (exact) mass is 259 g/mol. The van der Waals surface area contributed by atoms with Gasteiger partial charge in [-0.2, -0.15) is 0 Å². The SMILES string of the molecule is Nc1ccccc1C1CCCCCCCCCCC1. The molecule has 0 spiro atoms. The summed E-state index contributed by atoms with van der Waals surface area (Å²) in [7, 11) is 0. The van der Waals surface area contributed by atoms with Crippen molar-refractivity contribution in [2.24, 2.45) is 0 Å². The van der Waals surface area contributed by atoms with E-state index < -0.39 is 0 Å².